The van der Waals surface area contributed by atoms with Crippen molar-refractivity contribution >= 4 is 5.91 Å². The Bertz CT molecular complexity index is 360. The zero-order valence-electron chi connectivity index (χ0n) is 9.86. The van der Waals surface area contributed by atoms with Crippen molar-refractivity contribution < 1.29 is 4.79 Å². The second-order valence-electron chi connectivity index (χ2n) is 4.41. The van der Waals surface area contributed by atoms with Crippen LogP contribution in [-0.4, -0.2) is 25.0 Å². The SMILES string of the molecule is NC(CNC(=O)C1CCCN1)c1ccccc1. The summed E-state index contributed by atoms with van der Waals surface area (Å²) < 4.78 is 0. The van der Waals surface area contributed by atoms with Crippen molar-refractivity contribution in [2.24, 2.45) is 5.73 Å². The third-order valence-corrected chi connectivity index (χ3v) is 3.10. The van der Waals surface area contributed by atoms with Gasteiger partial charge < -0.3 is 16.4 Å². The lowest BCUT2D eigenvalue weighted by molar-refractivity contribution is -0.122. The molecule has 0 aliphatic carbocycles. The summed E-state index contributed by atoms with van der Waals surface area (Å²) in [4.78, 5) is 11.8. The molecule has 2 unspecified atom stereocenters. The molecule has 1 aromatic rings. The number of carbonyl (C=O) groups is 1. The number of nitrogens with two attached hydrogens (primary N) is 1. The number of rotatable bonds is 4. The second-order valence-corrected chi connectivity index (χ2v) is 4.41. The van der Waals surface area contributed by atoms with Crippen LogP contribution in [0.2, 0.25) is 0 Å². The molecule has 4 nitrogen and oxygen atoms in total. The van der Waals surface area contributed by atoms with Gasteiger partial charge in [0.15, 0.2) is 0 Å². The van der Waals surface area contributed by atoms with E-state index in [1.54, 1.807) is 0 Å². The maximum atomic E-state index is 11.8. The normalized spacial score (nSPS) is 21.1. The number of hydrogen-bond donors (Lipinski definition) is 3. The van der Waals surface area contributed by atoms with Gasteiger partial charge in [0.2, 0.25) is 5.91 Å². The van der Waals surface area contributed by atoms with Crippen molar-refractivity contribution in [3.8, 4) is 0 Å². The molecule has 0 aromatic heterocycles. The standard InChI is InChI=1S/C13H19N3O/c14-11(10-5-2-1-3-6-10)9-16-13(17)12-7-4-8-15-12/h1-3,5-6,11-12,15H,4,7-9,14H2,(H,16,17). The third kappa shape index (κ3) is 3.28. The number of carbonyl (C=O) groups excluding carboxylic acids is 1. The lowest BCUT2D eigenvalue weighted by Crippen LogP contribution is -2.42. The lowest BCUT2D eigenvalue weighted by atomic mass is 10.1. The number of hydrogen-bond acceptors (Lipinski definition) is 3. The monoisotopic (exact) mass is 233 g/mol. The van der Waals surface area contributed by atoms with Gasteiger partial charge >= 0.3 is 0 Å². The fourth-order valence-corrected chi connectivity index (χ4v) is 2.06. The molecule has 1 aliphatic rings. The Morgan fingerprint density at radius 1 is 1.47 bits per heavy atom. The van der Waals surface area contributed by atoms with Crippen LogP contribution in [0.5, 0.6) is 0 Å². The highest BCUT2D eigenvalue weighted by Gasteiger charge is 2.21. The molecule has 92 valence electrons. The van der Waals surface area contributed by atoms with Crippen molar-refractivity contribution in [3.63, 3.8) is 0 Å². The van der Waals surface area contributed by atoms with Crippen molar-refractivity contribution in [1.29, 1.82) is 0 Å². The highest BCUT2D eigenvalue weighted by molar-refractivity contribution is 5.82. The van der Waals surface area contributed by atoms with Gasteiger partial charge in [-0.15, -0.1) is 0 Å². The Hall–Kier alpha value is -1.39. The van der Waals surface area contributed by atoms with Gasteiger partial charge in [0.05, 0.1) is 6.04 Å². The van der Waals surface area contributed by atoms with Gasteiger partial charge in [0.1, 0.15) is 0 Å². The molecular formula is C13H19N3O. The van der Waals surface area contributed by atoms with Crippen molar-refractivity contribution in [1.82, 2.24) is 10.6 Å². The second kappa shape index (κ2) is 5.80. The summed E-state index contributed by atoms with van der Waals surface area (Å²) in [5.74, 6) is 0.0638. The summed E-state index contributed by atoms with van der Waals surface area (Å²) in [5, 5.41) is 6.06. The Kier molecular flexibility index (Phi) is 4.12. The van der Waals surface area contributed by atoms with Crippen LogP contribution < -0.4 is 16.4 Å². The third-order valence-electron chi connectivity index (χ3n) is 3.10. The highest BCUT2D eigenvalue weighted by atomic mass is 16.2. The Labute approximate surface area is 102 Å². The van der Waals surface area contributed by atoms with Crippen LogP contribution in [0.1, 0.15) is 24.4 Å². The predicted molar refractivity (Wildman–Crippen MR) is 67.4 cm³/mol. The van der Waals surface area contributed by atoms with Crippen molar-refractivity contribution in [2.45, 2.75) is 24.9 Å². The minimum absolute atomic E-state index is 0.0297. The van der Waals surface area contributed by atoms with E-state index in [0.29, 0.717) is 6.54 Å². The molecule has 0 radical (unpaired) electrons. The van der Waals surface area contributed by atoms with Crippen LogP contribution in [0.15, 0.2) is 30.3 Å². The topological polar surface area (TPSA) is 67.1 Å². The maximum absolute atomic E-state index is 11.8. The summed E-state index contributed by atoms with van der Waals surface area (Å²) in [7, 11) is 0. The first-order valence-corrected chi connectivity index (χ1v) is 6.09. The Balaban J connectivity index is 1.80. The van der Waals surface area contributed by atoms with E-state index in [1.807, 2.05) is 30.3 Å². The molecule has 2 rings (SSSR count). The van der Waals surface area contributed by atoms with Crippen molar-refractivity contribution in [3.05, 3.63) is 35.9 Å². The van der Waals surface area contributed by atoms with Crippen LogP contribution in [0.3, 0.4) is 0 Å². The van der Waals surface area contributed by atoms with Gasteiger partial charge in [0.25, 0.3) is 0 Å². The molecule has 0 saturated carbocycles. The molecule has 17 heavy (non-hydrogen) atoms. The molecule has 1 amide bonds. The minimum atomic E-state index is -0.137. The zero-order chi connectivity index (χ0) is 12.1. The van der Waals surface area contributed by atoms with Crippen molar-refractivity contribution in [2.75, 3.05) is 13.1 Å². The molecule has 1 aliphatic heterocycles. The Morgan fingerprint density at radius 3 is 2.88 bits per heavy atom. The molecule has 0 bridgehead atoms. The van der Waals surface area contributed by atoms with Crippen LogP contribution >= 0.6 is 0 Å². The molecule has 1 saturated heterocycles. The van der Waals surface area contributed by atoms with E-state index in [9.17, 15) is 4.79 Å². The largest absolute Gasteiger partial charge is 0.353 e. The molecule has 1 aromatic carbocycles. The van der Waals surface area contributed by atoms with E-state index < -0.39 is 0 Å². The van der Waals surface area contributed by atoms with Crippen LogP contribution in [0.4, 0.5) is 0 Å². The molecular weight excluding hydrogens is 214 g/mol. The van der Waals surface area contributed by atoms with Crippen LogP contribution in [-0.2, 0) is 4.79 Å². The summed E-state index contributed by atoms with van der Waals surface area (Å²) in [6.07, 6.45) is 2.00. The number of benzene rings is 1. The molecule has 0 spiro atoms. The fraction of sp³-hybridized carbons (Fsp3) is 0.462. The van der Waals surface area contributed by atoms with Gasteiger partial charge in [-0.05, 0) is 24.9 Å². The molecule has 1 fully saturated rings. The average molecular weight is 233 g/mol. The summed E-state index contributed by atoms with van der Waals surface area (Å²) in [6, 6.07) is 9.65. The molecule has 4 heteroatoms. The first-order chi connectivity index (χ1) is 8.27. The first kappa shape index (κ1) is 12.1. The Morgan fingerprint density at radius 2 is 2.24 bits per heavy atom. The van der Waals surface area contributed by atoms with E-state index in [4.69, 9.17) is 5.73 Å². The van der Waals surface area contributed by atoms with Crippen LogP contribution in [0, 0.1) is 0 Å². The average Bonchev–Trinajstić information content (AvgIpc) is 2.90. The van der Waals surface area contributed by atoms with E-state index in [-0.39, 0.29) is 18.0 Å². The van der Waals surface area contributed by atoms with E-state index in [0.717, 1.165) is 24.9 Å². The van der Waals surface area contributed by atoms with Gasteiger partial charge in [-0.25, -0.2) is 0 Å². The van der Waals surface area contributed by atoms with E-state index >= 15 is 0 Å². The smallest absolute Gasteiger partial charge is 0.237 e. The summed E-state index contributed by atoms with van der Waals surface area (Å²) >= 11 is 0. The van der Waals surface area contributed by atoms with Gasteiger partial charge in [-0.2, -0.15) is 0 Å². The van der Waals surface area contributed by atoms with Gasteiger partial charge in [-0.1, -0.05) is 30.3 Å². The quantitative estimate of drug-likeness (QED) is 0.711. The maximum Gasteiger partial charge on any atom is 0.237 e. The van der Waals surface area contributed by atoms with Gasteiger partial charge in [-0.3, -0.25) is 4.79 Å². The van der Waals surface area contributed by atoms with Crippen LogP contribution in [0.25, 0.3) is 0 Å². The molecule has 4 N–H and O–H groups in total. The molecule has 1 heterocycles. The highest BCUT2D eigenvalue weighted by Crippen LogP contribution is 2.09. The number of amides is 1. The predicted octanol–water partition coefficient (Wildman–Crippen LogP) is 0.555. The minimum Gasteiger partial charge on any atom is -0.353 e. The first-order valence-electron chi connectivity index (χ1n) is 6.09. The van der Waals surface area contributed by atoms with E-state index in [1.165, 1.54) is 0 Å². The zero-order valence-corrected chi connectivity index (χ0v) is 9.86. The number of nitrogens with one attached hydrogen (secondary N) is 2. The van der Waals surface area contributed by atoms with Gasteiger partial charge in [0, 0.05) is 12.6 Å². The summed E-state index contributed by atoms with van der Waals surface area (Å²) in [5.41, 5.74) is 7.06. The molecule has 2 atom stereocenters. The lowest BCUT2D eigenvalue weighted by Gasteiger charge is -2.15. The summed E-state index contributed by atoms with van der Waals surface area (Å²) in [6.45, 7) is 1.42. The van der Waals surface area contributed by atoms with E-state index in [2.05, 4.69) is 10.6 Å². The fourth-order valence-electron chi connectivity index (χ4n) is 2.06.